The molecule has 0 heterocycles. The van der Waals surface area contributed by atoms with E-state index in [0.29, 0.717) is 12.8 Å². The first-order chi connectivity index (χ1) is 10.6. The quantitative estimate of drug-likeness (QED) is 0.626. The van der Waals surface area contributed by atoms with Crippen molar-refractivity contribution in [1.29, 1.82) is 0 Å². The molecule has 0 fully saturated rings. The van der Waals surface area contributed by atoms with Gasteiger partial charge in [0.05, 0.1) is 6.04 Å². The minimum atomic E-state index is -0.721. The third-order valence-electron chi connectivity index (χ3n) is 2.84. The number of ether oxygens (including phenoxy) is 1. The lowest BCUT2D eigenvalue weighted by Crippen LogP contribution is -2.51. The first-order valence-electron chi connectivity index (χ1n) is 7.83. The van der Waals surface area contributed by atoms with Gasteiger partial charge >= 0.3 is 6.09 Å². The lowest BCUT2D eigenvalue weighted by molar-refractivity contribution is -0.126. The Morgan fingerprint density at radius 2 is 1.83 bits per heavy atom. The van der Waals surface area contributed by atoms with Crippen LogP contribution < -0.4 is 10.6 Å². The molecule has 0 aliphatic heterocycles. The van der Waals surface area contributed by atoms with Gasteiger partial charge in [-0.05, 0) is 51.5 Å². The van der Waals surface area contributed by atoms with Gasteiger partial charge in [-0.15, -0.1) is 0 Å². The molecule has 0 rings (SSSR count). The van der Waals surface area contributed by atoms with Crippen LogP contribution >= 0.6 is 11.8 Å². The maximum atomic E-state index is 12.4. The second-order valence-corrected chi connectivity index (χ2v) is 7.85. The molecule has 0 aliphatic carbocycles. The van der Waals surface area contributed by atoms with Crippen LogP contribution in [0.4, 0.5) is 4.79 Å². The van der Waals surface area contributed by atoms with Crippen LogP contribution in [-0.2, 0) is 14.3 Å². The molecular weight excluding hydrogens is 316 g/mol. The molecule has 23 heavy (non-hydrogen) atoms. The first kappa shape index (κ1) is 21.8. The zero-order valence-corrected chi connectivity index (χ0v) is 15.8. The van der Waals surface area contributed by atoms with E-state index < -0.39 is 23.8 Å². The number of carbonyl (C=O) groups excluding carboxylic acids is 3. The molecule has 6 nitrogen and oxygen atoms in total. The lowest BCUT2D eigenvalue weighted by atomic mass is 10.0. The molecule has 7 heteroatoms. The summed E-state index contributed by atoms with van der Waals surface area (Å²) in [7, 11) is 0. The molecule has 0 saturated carbocycles. The molecular formula is C16H30N2O4S. The topological polar surface area (TPSA) is 84.5 Å². The van der Waals surface area contributed by atoms with Gasteiger partial charge in [0, 0.05) is 0 Å². The fraction of sp³-hybridized carbons (Fsp3) is 0.812. The molecule has 0 radical (unpaired) electrons. The highest BCUT2D eigenvalue weighted by Crippen LogP contribution is 2.10. The first-order valence-corrected chi connectivity index (χ1v) is 9.22. The average molecular weight is 346 g/mol. The molecule has 0 aromatic heterocycles. The van der Waals surface area contributed by atoms with Gasteiger partial charge in [-0.3, -0.25) is 4.79 Å². The Hall–Kier alpha value is -1.24. The van der Waals surface area contributed by atoms with Crippen molar-refractivity contribution in [3.8, 4) is 0 Å². The van der Waals surface area contributed by atoms with Gasteiger partial charge in [-0.2, -0.15) is 11.8 Å². The van der Waals surface area contributed by atoms with E-state index in [2.05, 4.69) is 10.6 Å². The van der Waals surface area contributed by atoms with Crippen LogP contribution in [0, 0.1) is 5.92 Å². The van der Waals surface area contributed by atoms with Crippen LogP contribution in [0.2, 0.25) is 0 Å². The number of rotatable bonds is 9. The summed E-state index contributed by atoms with van der Waals surface area (Å²) in [6, 6.07) is -1.26. The number of aldehydes is 1. The van der Waals surface area contributed by atoms with Gasteiger partial charge in [0.2, 0.25) is 5.91 Å². The second kappa shape index (κ2) is 10.5. The highest BCUT2D eigenvalue weighted by molar-refractivity contribution is 7.98. The van der Waals surface area contributed by atoms with Gasteiger partial charge in [-0.1, -0.05) is 13.8 Å². The van der Waals surface area contributed by atoms with Crippen LogP contribution in [0.1, 0.15) is 47.5 Å². The van der Waals surface area contributed by atoms with E-state index in [1.165, 1.54) is 0 Å². The van der Waals surface area contributed by atoms with Crippen LogP contribution in [-0.4, -0.2) is 48.0 Å². The van der Waals surface area contributed by atoms with Crippen LogP contribution in [0.15, 0.2) is 0 Å². The van der Waals surface area contributed by atoms with Gasteiger partial charge < -0.3 is 20.2 Å². The highest BCUT2D eigenvalue weighted by atomic mass is 32.2. The number of hydrogen-bond donors (Lipinski definition) is 2. The summed E-state index contributed by atoms with van der Waals surface area (Å²) in [5, 5.41) is 5.28. The third-order valence-corrected chi connectivity index (χ3v) is 3.48. The predicted octanol–water partition coefficient (Wildman–Crippen LogP) is 2.36. The zero-order chi connectivity index (χ0) is 18.0. The number of amides is 2. The maximum Gasteiger partial charge on any atom is 0.408 e. The molecule has 0 spiro atoms. The number of thioether (sulfide) groups is 1. The second-order valence-electron chi connectivity index (χ2n) is 6.86. The Bertz CT molecular complexity index is 394. The van der Waals surface area contributed by atoms with Crippen molar-refractivity contribution in [2.75, 3.05) is 12.0 Å². The Balaban J connectivity index is 4.77. The largest absolute Gasteiger partial charge is 0.444 e. The minimum Gasteiger partial charge on any atom is -0.444 e. The summed E-state index contributed by atoms with van der Waals surface area (Å²) >= 11 is 1.61. The van der Waals surface area contributed by atoms with Crippen LogP contribution in [0.25, 0.3) is 0 Å². The molecule has 2 amide bonds. The lowest BCUT2D eigenvalue weighted by Gasteiger charge is -2.25. The zero-order valence-electron chi connectivity index (χ0n) is 15.0. The monoisotopic (exact) mass is 346 g/mol. The van der Waals surface area contributed by atoms with E-state index in [0.717, 1.165) is 12.0 Å². The van der Waals surface area contributed by atoms with E-state index in [9.17, 15) is 14.4 Å². The Morgan fingerprint density at radius 3 is 2.26 bits per heavy atom. The van der Waals surface area contributed by atoms with E-state index in [1.54, 1.807) is 32.5 Å². The molecule has 0 saturated heterocycles. The van der Waals surface area contributed by atoms with Crippen molar-refractivity contribution in [2.24, 2.45) is 5.92 Å². The molecule has 0 unspecified atom stereocenters. The van der Waals surface area contributed by atoms with Crippen LogP contribution in [0.5, 0.6) is 0 Å². The van der Waals surface area contributed by atoms with Crippen molar-refractivity contribution in [1.82, 2.24) is 10.6 Å². The van der Waals surface area contributed by atoms with E-state index >= 15 is 0 Å². The van der Waals surface area contributed by atoms with Gasteiger partial charge in [0.25, 0.3) is 0 Å². The number of alkyl carbamates (subject to hydrolysis) is 1. The maximum absolute atomic E-state index is 12.4. The normalized spacial score (nSPS) is 14.0. The molecule has 134 valence electrons. The smallest absolute Gasteiger partial charge is 0.408 e. The summed E-state index contributed by atoms with van der Waals surface area (Å²) in [6.07, 6.45) is 3.07. The Labute approximate surface area is 143 Å². The third kappa shape index (κ3) is 11.0. The van der Waals surface area contributed by atoms with Crippen molar-refractivity contribution in [3.05, 3.63) is 0 Å². The Morgan fingerprint density at radius 1 is 1.22 bits per heavy atom. The van der Waals surface area contributed by atoms with Crippen molar-refractivity contribution >= 4 is 30.0 Å². The summed E-state index contributed by atoms with van der Waals surface area (Å²) < 4.78 is 5.19. The molecule has 2 N–H and O–H groups in total. The SMILES string of the molecule is CSCC[C@@H](C=O)NC(=O)[C@H](CC(C)C)NC(=O)OC(C)(C)C. The van der Waals surface area contributed by atoms with Crippen molar-refractivity contribution in [3.63, 3.8) is 0 Å². The molecule has 0 bridgehead atoms. The minimum absolute atomic E-state index is 0.210. The van der Waals surface area contributed by atoms with E-state index in [-0.39, 0.29) is 11.8 Å². The molecule has 0 aromatic rings. The summed E-state index contributed by atoms with van der Waals surface area (Å²) in [5.74, 6) is 0.627. The molecule has 2 atom stereocenters. The van der Waals surface area contributed by atoms with Crippen LogP contribution in [0.3, 0.4) is 0 Å². The number of hydrogen-bond acceptors (Lipinski definition) is 5. The van der Waals surface area contributed by atoms with Gasteiger partial charge in [0.15, 0.2) is 0 Å². The van der Waals surface area contributed by atoms with E-state index in [1.807, 2.05) is 20.1 Å². The summed E-state index contributed by atoms with van der Waals surface area (Å²) in [5.41, 5.74) is -0.632. The molecule has 0 aliphatic rings. The highest BCUT2D eigenvalue weighted by Gasteiger charge is 2.26. The van der Waals surface area contributed by atoms with Crippen molar-refractivity contribution in [2.45, 2.75) is 65.1 Å². The number of carbonyl (C=O) groups is 3. The molecule has 0 aromatic carbocycles. The van der Waals surface area contributed by atoms with Gasteiger partial charge in [-0.25, -0.2) is 4.79 Å². The summed E-state index contributed by atoms with van der Waals surface area (Å²) in [4.78, 5) is 35.3. The fourth-order valence-corrected chi connectivity index (χ4v) is 2.34. The fourth-order valence-electron chi connectivity index (χ4n) is 1.86. The summed E-state index contributed by atoms with van der Waals surface area (Å²) in [6.45, 7) is 9.20. The van der Waals surface area contributed by atoms with Crippen molar-refractivity contribution < 1.29 is 19.1 Å². The Kier molecular flexibility index (Phi) is 9.95. The average Bonchev–Trinajstić information content (AvgIpc) is 2.39. The van der Waals surface area contributed by atoms with E-state index in [4.69, 9.17) is 4.74 Å². The standard InChI is InChI=1S/C16H30N2O4S/c1-11(2)9-13(18-15(21)22-16(3,4)5)14(20)17-12(10-19)7-8-23-6/h10-13H,7-9H2,1-6H3,(H,17,20)(H,18,21)/t12-,13-/m0/s1. The van der Waals surface area contributed by atoms with Gasteiger partial charge in [0.1, 0.15) is 17.9 Å². The predicted molar refractivity (Wildman–Crippen MR) is 93.6 cm³/mol. The number of nitrogens with one attached hydrogen (secondary N) is 2.